The van der Waals surface area contributed by atoms with Crippen LogP contribution in [0.4, 0.5) is 5.69 Å². The zero-order chi connectivity index (χ0) is 17.3. The van der Waals surface area contributed by atoms with Crippen molar-refractivity contribution in [1.29, 1.82) is 0 Å². The van der Waals surface area contributed by atoms with Gasteiger partial charge in [0.15, 0.2) is 0 Å². The second kappa shape index (κ2) is 6.60. The normalized spacial score (nSPS) is 22.9. The maximum Gasteiger partial charge on any atom is 0.251 e. The first-order valence-electron chi connectivity index (χ1n) is 8.05. The Morgan fingerprint density at radius 2 is 1.96 bits per heavy atom. The van der Waals surface area contributed by atoms with E-state index in [1.807, 2.05) is 4.90 Å². The van der Waals surface area contributed by atoms with Crippen molar-refractivity contribution in [3.8, 4) is 5.75 Å². The fourth-order valence-corrected chi connectivity index (χ4v) is 3.42. The van der Waals surface area contributed by atoms with E-state index < -0.39 is 6.04 Å². The number of piperidine rings is 1. The summed E-state index contributed by atoms with van der Waals surface area (Å²) >= 11 is 0. The molecule has 128 valence electrons. The van der Waals surface area contributed by atoms with Gasteiger partial charge in [0.25, 0.3) is 5.91 Å². The number of amides is 3. The van der Waals surface area contributed by atoms with Crippen LogP contribution < -0.4 is 15.4 Å². The molecule has 0 unspecified atom stereocenters. The molecule has 1 aromatic rings. The maximum atomic E-state index is 12.8. The van der Waals surface area contributed by atoms with E-state index in [4.69, 9.17) is 10.5 Å². The Labute approximate surface area is 140 Å². The van der Waals surface area contributed by atoms with E-state index in [0.717, 1.165) is 0 Å². The highest BCUT2D eigenvalue weighted by atomic mass is 16.5. The third-order valence-corrected chi connectivity index (χ3v) is 4.81. The predicted octanol–water partition coefficient (Wildman–Crippen LogP) is 0.524. The minimum atomic E-state index is -0.461. The summed E-state index contributed by atoms with van der Waals surface area (Å²) < 4.78 is 5.16. The molecule has 0 radical (unpaired) electrons. The Bertz CT molecular complexity index is 668. The molecule has 24 heavy (non-hydrogen) atoms. The van der Waals surface area contributed by atoms with Crippen molar-refractivity contribution < 1.29 is 19.1 Å². The molecule has 2 fully saturated rings. The number of carbonyl (C=O) groups is 3. The Kier molecular flexibility index (Phi) is 4.53. The van der Waals surface area contributed by atoms with Crippen molar-refractivity contribution in [2.75, 3.05) is 25.1 Å². The molecule has 1 atom stereocenters. The number of methoxy groups -OCH3 is 1. The molecule has 1 aromatic carbocycles. The van der Waals surface area contributed by atoms with Crippen molar-refractivity contribution in [2.24, 2.45) is 11.7 Å². The Morgan fingerprint density at radius 1 is 1.25 bits per heavy atom. The Hall–Kier alpha value is -2.41. The number of hydrogen-bond acceptors (Lipinski definition) is 5. The molecule has 0 spiro atoms. The van der Waals surface area contributed by atoms with Gasteiger partial charge in [-0.25, -0.2) is 4.90 Å². The molecule has 7 heteroatoms. The standard InChI is InChI=1S/C17H21N3O4/c1-24-13-4-2-3-12(9-13)20-15(21)10-14(17(20)23)19-7-5-11(6-8-19)16(18)22/h2-4,9,11,14H,5-8,10H2,1H3,(H2,18,22)/t14-/m1/s1. The van der Waals surface area contributed by atoms with Gasteiger partial charge in [-0.2, -0.15) is 0 Å². The van der Waals surface area contributed by atoms with Gasteiger partial charge in [-0.15, -0.1) is 0 Å². The van der Waals surface area contributed by atoms with Crippen LogP contribution in [0, 0.1) is 5.92 Å². The summed E-state index contributed by atoms with van der Waals surface area (Å²) in [5, 5.41) is 0. The molecule has 2 N–H and O–H groups in total. The van der Waals surface area contributed by atoms with Crippen LogP contribution in [0.5, 0.6) is 5.75 Å². The second-order valence-electron chi connectivity index (χ2n) is 6.20. The Morgan fingerprint density at radius 3 is 2.58 bits per heavy atom. The van der Waals surface area contributed by atoms with Crippen molar-refractivity contribution in [3.05, 3.63) is 24.3 Å². The SMILES string of the molecule is COc1cccc(N2C(=O)C[C@@H](N3CCC(C(N)=O)CC3)C2=O)c1. The summed E-state index contributed by atoms with van der Waals surface area (Å²) in [6, 6.07) is 6.45. The van der Waals surface area contributed by atoms with Gasteiger partial charge in [0.1, 0.15) is 5.75 Å². The largest absolute Gasteiger partial charge is 0.497 e. The molecule has 2 aliphatic rings. The molecular weight excluding hydrogens is 310 g/mol. The summed E-state index contributed by atoms with van der Waals surface area (Å²) in [5.74, 6) is -0.260. The first kappa shape index (κ1) is 16.4. The van der Waals surface area contributed by atoms with Gasteiger partial charge in [0.05, 0.1) is 25.3 Å². The van der Waals surface area contributed by atoms with Crippen molar-refractivity contribution in [3.63, 3.8) is 0 Å². The number of benzene rings is 1. The lowest BCUT2D eigenvalue weighted by Gasteiger charge is -2.33. The molecule has 0 saturated carbocycles. The van der Waals surface area contributed by atoms with Gasteiger partial charge >= 0.3 is 0 Å². The van der Waals surface area contributed by atoms with E-state index in [9.17, 15) is 14.4 Å². The van der Waals surface area contributed by atoms with Crippen molar-refractivity contribution in [1.82, 2.24) is 4.90 Å². The van der Waals surface area contributed by atoms with E-state index in [0.29, 0.717) is 37.4 Å². The lowest BCUT2D eigenvalue weighted by molar-refractivity contribution is -0.124. The fourth-order valence-electron chi connectivity index (χ4n) is 3.42. The van der Waals surface area contributed by atoms with Gasteiger partial charge in [0, 0.05) is 12.0 Å². The quantitative estimate of drug-likeness (QED) is 0.812. The number of rotatable bonds is 4. The summed E-state index contributed by atoms with van der Waals surface area (Å²) in [6.07, 6.45) is 1.43. The van der Waals surface area contributed by atoms with Crippen molar-refractivity contribution in [2.45, 2.75) is 25.3 Å². The first-order valence-corrected chi connectivity index (χ1v) is 8.05. The number of carbonyl (C=O) groups excluding carboxylic acids is 3. The number of hydrogen-bond donors (Lipinski definition) is 1. The lowest BCUT2D eigenvalue weighted by atomic mass is 9.95. The summed E-state index contributed by atoms with van der Waals surface area (Å²) in [5.41, 5.74) is 5.87. The van der Waals surface area contributed by atoms with Crippen LogP contribution >= 0.6 is 0 Å². The highest BCUT2D eigenvalue weighted by Gasteiger charge is 2.43. The number of likely N-dealkylation sites (tertiary alicyclic amines) is 1. The second-order valence-corrected chi connectivity index (χ2v) is 6.20. The van der Waals surface area contributed by atoms with Gasteiger partial charge in [-0.05, 0) is 38.1 Å². The molecule has 2 heterocycles. The number of nitrogens with zero attached hydrogens (tertiary/aromatic N) is 2. The minimum Gasteiger partial charge on any atom is -0.497 e. The maximum absolute atomic E-state index is 12.8. The average Bonchev–Trinajstić information content (AvgIpc) is 2.89. The Balaban J connectivity index is 1.73. The van der Waals surface area contributed by atoms with E-state index >= 15 is 0 Å². The molecule has 0 bridgehead atoms. The van der Waals surface area contributed by atoms with Crippen LogP contribution in [0.15, 0.2) is 24.3 Å². The molecule has 2 saturated heterocycles. The van der Waals surface area contributed by atoms with E-state index in [1.165, 1.54) is 4.90 Å². The van der Waals surface area contributed by atoms with Crippen molar-refractivity contribution >= 4 is 23.4 Å². The van der Waals surface area contributed by atoms with Crippen LogP contribution in [0.3, 0.4) is 0 Å². The van der Waals surface area contributed by atoms with E-state index in [-0.39, 0.29) is 30.1 Å². The number of imide groups is 1. The van der Waals surface area contributed by atoms with Gasteiger partial charge in [-0.3, -0.25) is 19.3 Å². The van der Waals surface area contributed by atoms with Crippen LogP contribution in [0.2, 0.25) is 0 Å². The van der Waals surface area contributed by atoms with Crippen LogP contribution in [0.1, 0.15) is 19.3 Å². The first-order chi connectivity index (χ1) is 11.5. The smallest absolute Gasteiger partial charge is 0.251 e. The molecular formula is C17H21N3O4. The highest BCUT2D eigenvalue weighted by Crippen LogP contribution is 2.30. The predicted molar refractivity (Wildman–Crippen MR) is 87.4 cm³/mol. The topological polar surface area (TPSA) is 92.9 Å². The number of ether oxygens (including phenoxy) is 1. The van der Waals surface area contributed by atoms with E-state index in [1.54, 1.807) is 31.4 Å². The van der Waals surface area contributed by atoms with E-state index in [2.05, 4.69) is 0 Å². The zero-order valence-electron chi connectivity index (χ0n) is 13.6. The molecule has 0 aromatic heterocycles. The summed E-state index contributed by atoms with van der Waals surface area (Å²) in [6.45, 7) is 1.20. The number of nitrogens with two attached hydrogens (primary N) is 1. The van der Waals surface area contributed by atoms with Crippen LogP contribution in [-0.2, 0) is 14.4 Å². The third kappa shape index (κ3) is 2.99. The molecule has 3 rings (SSSR count). The van der Waals surface area contributed by atoms with Crippen LogP contribution in [-0.4, -0.2) is 48.9 Å². The average molecular weight is 331 g/mol. The number of primary amides is 1. The number of anilines is 1. The van der Waals surface area contributed by atoms with Gasteiger partial charge < -0.3 is 10.5 Å². The highest BCUT2D eigenvalue weighted by molar-refractivity contribution is 6.22. The van der Waals surface area contributed by atoms with Gasteiger partial charge in [-0.1, -0.05) is 6.07 Å². The lowest BCUT2D eigenvalue weighted by Crippen LogP contribution is -2.47. The molecule has 0 aliphatic carbocycles. The summed E-state index contributed by atoms with van der Waals surface area (Å²) in [7, 11) is 1.54. The molecule has 2 aliphatic heterocycles. The van der Waals surface area contributed by atoms with Gasteiger partial charge in [0.2, 0.25) is 11.8 Å². The van der Waals surface area contributed by atoms with Crippen LogP contribution in [0.25, 0.3) is 0 Å². The fraction of sp³-hybridized carbons (Fsp3) is 0.471. The monoisotopic (exact) mass is 331 g/mol. The molecule has 3 amide bonds. The summed E-state index contributed by atoms with van der Waals surface area (Å²) in [4.78, 5) is 39.6. The third-order valence-electron chi connectivity index (χ3n) is 4.81. The molecule has 7 nitrogen and oxygen atoms in total. The minimum absolute atomic E-state index is 0.136. The zero-order valence-corrected chi connectivity index (χ0v) is 13.6.